The van der Waals surface area contributed by atoms with Gasteiger partial charge in [0.25, 0.3) is 0 Å². The lowest BCUT2D eigenvalue weighted by Crippen LogP contribution is -2.24. The fourth-order valence-electron chi connectivity index (χ4n) is 9.98. The summed E-state index contributed by atoms with van der Waals surface area (Å²) in [6, 6.07) is 78.3. The van der Waals surface area contributed by atoms with Crippen molar-refractivity contribution in [1.29, 1.82) is 0 Å². The number of oxazole rings is 1. The van der Waals surface area contributed by atoms with Gasteiger partial charge in [-0.25, -0.2) is 4.98 Å². The van der Waals surface area contributed by atoms with E-state index in [1.807, 2.05) is 24.3 Å². The quantitative estimate of drug-likeness (QED) is 0.153. The highest BCUT2D eigenvalue weighted by Crippen LogP contribution is 2.58. The number of fused-ring (bicyclic) bond motifs is 5. The Balaban J connectivity index is 1.11. The Kier molecular flexibility index (Phi) is 8.83. The van der Waals surface area contributed by atoms with Gasteiger partial charge in [-0.05, 0) is 124 Å². The molecule has 0 saturated heterocycles. The molecule has 0 saturated carbocycles. The first-order valence-electron chi connectivity index (χ1n) is 22.0. The molecule has 0 unspecified atom stereocenters. The van der Waals surface area contributed by atoms with E-state index in [0.29, 0.717) is 12.6 Å². The number of hydrogen-bond donors (Lipinski definition) is 0. The summed E-state index contributed by atoms with van der Waals surface area (Å²) in [6.07, 6.45) is 0. The largest absolute Gasteiger partial charge is 0.436 e. The molecule has 0 atom stereocenters. The molecule has 2 heterocycles. The second kappa shape index (κ2) is 15.0. The van der Waals surface area contributed by atoms with Gasteiger partial charge in [0.15, 0.2) is 5.58 Å². The minimum Gasteiger partial charge on any atom is -0.436 e. The average Bonchev–Trinajstić information content (AvgIpc) is 4.04. The number of benzene rings is 9. The Morgan fingerprint density at radius 3 is 1.86 bits per heavy atom. The molecular weight excluding hydrogens is 781 g/mol. The molecule has 0 radical (unpaired) electrons. The van der Waals surface area contributed by atoms with Crippen LogP contribution in [0.1, 0.15) is 25.0 Å². The lowest BCUT2D eigenvalue weighted by molar-refractivity contribution is 0.620. The minimum absolute atomic E-state index is 0.271. The molecule has 9 aromatic carbocycles. The summed E-state index contributed by atoms with van der Waals surface area (Å²) >= 11 is 0. The second-order valence-electron chi connectivity index (χ2n) is 17.2. The predicted octanol–water partition coefficient (Wildman–Crippen LogP) is 15.9. The number of para-hydroxylation sites is 5. The Morgan fingerprint density at radius 1 is 0.469 bits per heavy atom. The molecule has 12 rings (SSSR count). The van der Waals surface area contributed by atoms with E-state index in [0.717, 1.165) is 45.1 Å². The number of aromatic nitrogens is 1. The molecule has 306 valence electrons. The fraction of sp³-hybridized carbons (Fsp3) is 0.0678. The molecule has 0 spiro atoms. The van der Waals surface area contributed by atoms with Crippen molar-refractivity contribution in [3.8, 4) is 44.8 Å². The van der Waals surface area contributed by atoms with E-state index in [9.17, 15) is 0 Å². The van der Waals surface area contributed by atoms with Gasteiger partial charge >= 0.3 is 0 Å². The molecule has 0 fully saturated rings. The number of rotatable bonds is 8. The van der Waals surface area contributed by atoms with Gasteiger partial charge in [-0.2, -0.15) is 0 Å². The zero-order valence-electron chi connectivity index (χ0n) is 35.7. The smallest absolute Gasteiger partial charge is 0.227 e. The lowest BCUT2D eigenvalue weighted by atomic mass is 9.81. The summed E-state index contributed by atoms with van der Waals surface area (Å²) in [4.78, 5) is 12.2. The Bertz CT molecular complexity index is 3310. The van der Waals surface area contributed by atoms with Crippen LogP contribution in [-0.4, -0.2) is 11.7 Å². The minimum atomic E-state index is -0.271. The van der Waals surface area contributed by atoms with Gasteiger partial charge in [0, 0.05) is 45.0 Å². The van der Waals surface area contributed by atoms with Crippen molar-refractivity contribution >= 4 is 50.9 Å². The third-order valence-corrected chi connectivity index (χ3v) is 13.1. The SMILES string of the molecule is CC1(C)c2ccccc2-c2c(-c3cccc4c3N(c3ccccc3)CN4c3ccccc3)cc(N(c3ccc(-c4ccccc4)cc3)c3cccc(-c4nc5ccccc5o4)c3)cc21. The standard InChI is InChI=1S/C59H44N4O/c1-59(2)51-28-13-12-26-49(51)56-50(48-27-17-30-54-57(48)62(44-23-10-5-11-24-44)39-61(54)43-21-8-4-9-22-43)37-47(38-52(56)59)63(45-34-32-41(33-35-45)40-18-6-3-7-19-40)46-25-16-20-42(36-46)58-60-53-29-14-15-31-55(53)64-58/h3-38H,39H2,1-2H3. The van der Waals surface area contributed by atoms with Gasteiger partial charge in [-0.3, -0.25) is 0 Å². The number of nitrogens with zero attached hydrogens (tertiary/aromatic N) is 4. The van der Waals surface area contributed by atoms with Crippen LogP contribution in [0.25, 0.3) is 55.9 Å². The van der Waals surface area contributed by atoms with Crippen molar-refractivity contribution in [2.24, 2.45) is 0 Å². The van der Waals surface area contributed by atoms with Gasteiger partial charge in [0.1, 0.15) is 12.2 Å². The molecule has 0 N–H and O–H groups in total. The number of hydrogen-bond acceptors (Lipinski definition) is 5. The summed E-state index contributed by atoms with van der Waals surface area (Å²) < 4.78 is 6.36. The van der Waals surface area contributed by atoms with E-state index >= 15 is 0 Å². The van der Waals surface area contributed by atoms with Crippen molar-refractivity contribution in [2.75, 3.05) is 21.4 Å². The molecular formula is C59H44N4O. The van der Waals surface area contributed by atoms with Crippen LogP contribution >= 0.6 is 0 Å². The van der Waals surface area contributed by atoms with E-state index in [1.54, 1.807) is 0 Å². The molecule has 5 heteroatoms. The van der Waals surface area contributed by atoms with Gasteiger partial charge in [-0.15, -0.1) is 0 Å². The van der Waals surface area contributed by atoms with Gasteiger partial charge in [0.05, 0.1) is 11.4 Å². The summed E-state index contributed by atoms with van der Waals surface area (Å²) in [5.74, 6) is 0.595. The predicted molar refractivity (Wildman–Crippen MR) is 265 cm³/mol. The molecule has 0 bridgehead atoms. The maximum atomic E-state index is 6.36. The Labute approximate surface area is 373 Å². The molecule has 1 aromatic heterocycles. The first kappa shape index (κ1) is 37.6. The molecule has 1 aliphatic heterocycles. The van der Waals surface area contributed by atoms with E-state index in [1.165, 1.54) is 55.9 Å². The van der Waals surface area contributed by atoms with Crippen LogP contribution in [0, 0.1) is 0 Å². The second-order valence-corrected chi connectivity index (χ2v) is 17.2. The summed E-state index contributed by atoms with van der Waals surface area (Å²) in [6.45, 7) is 5.44. The molecule has 10 aromatic rings. The maximum absolute atomic E-state index is 6.36. The van der Waals surface area contributed by atoms with Crippen molar-refractivity contribution in [2.45, 2.75) is 19.3 Å². The van der Waals surface area contributed by atoms with Crippen LogP contribution in [0.5, 0.6) is 0 Å². The van der Waals surface area contributed by atoms with Crippen molar-refractivity contribution < 1.29 is 4.42 Å². The monoisotopic (exact) mass is 824 g/mol. The van der Waals surface area contributed by atoms with E-state index < -0.39 is 0 Å². The zero-order valence-corrected chi connectivity index (χ0v) is 35.7. The van der Waals surface area contributed by atoms with Crippen LogP contribution in [0.4, 0.5) is 39.8 Å². The first-order valence-corrected chi connectivity index (χ1v) is 22.0. The molecule has 5 nitrogen and oxygen atoms in total. The topological polar surface area (TPSA) is 35.8 Å². The lowest BCUT2D eigenvalue weighted by Gasteiger charge is -2.30. The van der Waals surface area contributed by atoms with E-state index in [-0.39, 0.29) is 5.41 Å². The van der Waals surface area contributed by atoms with E-state index in [4.69, 9.17) is 9.40 Å². The van der Waals surface area contributed by atoms with Crippen molar-refractivity contribution in [3.05, 3.63) is 230 Å². The van der Waals surface area contributed by atoms with Gasteiger partial charge in [0.2, 0.25) is 5.89 Å². The Morgan fingerprint density at radius 2 is 1.09 bits per heavy atom. The summed E-state index contributed by atoms with van der Waals surface area (Å²) in [5, 5.41) is 0. The average molecular weight is 825 g/mol. The maximum Gasteiger partial charge on any atom is 0.227 e. The number of anilines is 7. The van der Waals surface area contributed by atoms with Crippen LogP contribution < -0.4 is 14.7 Å². The highest BCUT2D eigenvalue weighted by Gasteiger charge is 2.40. The highest BCUT2D eigenvalue weighted by atomic mass is 16.3. The van der Waals surface area contributed by atoms with Crippen molar-refractivity contribution in [1.82, 2.24) is 4.98 Å². The molecule has 1 aliphatic carbocycles. The first-order chi connectivity index (χ1) is 31.5. The van der Waals surface area contributed by atoms with Gasteiger partial charge in [-0.1, -0.05) is 147 Å². The summed E-state index contributed by atoms with van der Waals surface area (Å²) in [7, 11) is 0. The Hall–Kier alpha value is -8.15. The van der Waals surface area contributed by atoms with Gasteiger partial charge < -0.3 is 19.1 Å². The molecule has 2 aliphatic rings. The van der Waals surface area contributed by atoms with Crippen LogP contribution in [-0.2, 0) is 5.41 Å². The summed E-state index contributed by atoms with van der Waals surface area (Å²) in [5.41, 5.74) is 20.0. The van der Waals surface area contributed by atoms with E-state index in [2.05, 4.69) is 223 Å². The zero-order chi connectivity index (χ0) is 42.8. The third-order valence-electron chi connectivity index (χ3n) is 13.1. The normalized spacial score (nSPS) is 13.5. The molecule has 64 heavy (non-hydrogen) atoms. The van der Waals surface area contributed by atoms with Crippen LogP contribution in [0.15, 0.2) is 223 Å². The highest BCUT2D eigenvalue weighted by molar-refractivity contribution is 6.04. The van der Waals surface area contributed by atoms with Crippen LogP contribution in [0.2, 0.25) is 0 Å². The van der Waals surface area contributed by atoms with Crippen LogP contribution in [0.3, 0.4) is 0 Å². The fourth-order valence-corrected chi connectivity index (χ4v) is 9.98. The molecule has 0 amide bonds. The van der Waals surface area contributed by atoms with Crippen molar-refractivity contribution in [3.63, 3.8) is 0 Å². The third kappa shape index (κ3) is 6.19.